The summed E-state index contributed by atoms with van der Waals surface area (Å²) in [6.07, 6.45) is 0.969. The van der Waals surface area contributed by atoms with Gasteiger partial charge < -0.3 is 15.8 Å². The molecule has 0 saturated heterocycles. The van der Waals surface area contributed by atoms with Gasteiger partial charge in [0.2, 0.25) is 5.91 Å². The minimum absolute atomic E-state index is 0.0567. The van der Waals surface area contributed by atoms with Crippen LogP contribution < -0.4 is 15.8 Å². The molecule has 0 bridgehead atoms. The Kier molecular flexibility index (Phi) is 5.36. The molecule has 0 unspecified atom stereocenters. The number of amides is 1. The zero-order valence-electron chi connectivity index (χ0n) is 12.4. The fraction of sp³-hybridized carbons (Fsp3) is 0.235. The molecule has 2 aromatic rings. The minimum Gasteiger partial charge on any atom is -0.495 e. The van der Waals surface area contributed by atoms with Gasteiger partial charge in [-0.25, -0.2) is 4.39 Å². The summed E-state index contributed by atoms with van der Waals surface area (Å²) in [6.45, 7) is 0.393. The first-order chi connectivity index (χ1) is 10.6. The van der Waals surface area contributed by atoms with Crippen molar-refractivity contribution in [3.05, 3.63) is 59.4 Å². The van der Waals surface area contributed by atoms with Gasteiger partial charge in [-0.2, -0.15) is 0 Å². The molecule has 0 aromatic heterocycles. The lowest BCUT2D eigenvalue weighted by atomic mass is 10.1. The maximum Gasteiger partial charge on any atom is 0.220 e. The van der Waals surface area contributed by atoms with E-state index in [0.717, 1.165) is 11.1 Å². The van der Waals surface area contributed by atoms with Crippen LogP contribution in [0.4, 0.5) is 10.1 Å². The van der Waals surface area contributed by atoms with E-state index in [1.165, 1.54) is 12.1 Å². The summed E-state index contributed by atoms with van der Waals surface area (Å²) in [7, 11) is 1.56. The summed E-state index contributed by atoms with van der Waals surface area (Å²) >= 11 is 0. The van der Waals surface area contributed by atoms with Crippen LogP contribution in [0.1, 0.15) is 17.5 Å². The average Bonchev–Trinajstić information content (AvgIpc) is 2.52. The fourth-order valence-corrected chi connectivity index (χ4v) is 2.09. The lowest BCUT2D eigenvalue weighted by Crippen LogP contribution is -2.23. The van der Waals surface area contributed by atoms with Crippen molar-refractivity contribution >= 4 is 11.6 Å². The minimum atomic E-state index is -0.285. The Labute approximate surface area is 129 Å². The second-order valence-electron chi connectivity index (χ2n) is 4.98. The van der Waals surface area contributed by atoms with Gasteiger partial charge in [-0.15, -0.1) is 0 Å². The largest absolute Gasteiger partial charge is 0.495 e. The van der Waals surface area contributed by atoms with Crippen molar-refractivity contribution in [2.24, 2.45) is 0 Å². The lowest BCUT2D eigenvalue weighted by Gasteiger charge is -2.08. The highest BCUT2D eigenvalue weighted by Crippen LogP contribution is 2.22. The molecule has 0 atom stereocenters. The van der Waals surface area contributed by atoms with Crippen molar-refractivity contribution < 1.29 is 13.9 Å². The maximum absolute atomic E-state index is 12.8. The molecule has 0 fully saturated rings. The van der Waals surface area contributed by atoms with Gasteiger partial charge in [-0.05, 0) is 41.8 Å². The molecule has 0 radical (unpaired) electrons. The lowest BCUT2D eigenvalue weighted by molar-refractivity contribution is -0.121. The Morgan fingerprint density at radius 3 is 2.50 bits per heavy atom. The Balaban J connectivity index is 1.80. The molecule has 2 aromatic carbocycles. The van der Waals surface area contributed by atoms with Gasteiger partial charge >= 0.3 is 0 Å². The van der Waals surface area contributed by atoms with Crippen LogP contribution in [0.3, 0.4) is 0 Å². The van der Waals surface area contributed by atoms with Gasteiger partial charge in [0.05, 0.1) is 12.8 Å². The maximum atomic E-state index is 12.8. The SMILES string of the molecule is COc1ccc(CCC(=O)NCc2ccc(F)cc2)cc1N. The average molecular weight is 302 g/mol. The summed E-state index contributed by atoms with van der Waals surface area (Å²) in [5.41, 5.74) is 8.24. The van der Waals surface area contributed by atoms with E-state index in [4.69, 9.17) is 10.5 Å². The number of halogens is 1. The summed E-state index contributed by atoms with van der Waals surface area (Å²) in [5.74, 6) is 0.287. The van der Waals surface area contributed by atoms with E-state index in [0.29, 0.717) is 30.8 Å². The summed E-state index contributed by atoms with van der Waals surface area (Å²) in [4.78, 5) is 11.8. The van der Waals surface area contributed by atoms with Crippen LogP contribution in [0.2, 0.25) is 0 Å². The van der Waals surface area contributed by atoms with E-state index in [9.17, 15) is 9.18 Å². The first kappa shape index (κ1) is 15.8. The predicted molar refractivity (Wildman–Crippen MR) is 84.0 cm³/mol. The van der Waals surface area contributed by atoms with Gasteiger partial charge in [0.1, 0.15) is 11.6 Å². The molecule has 4 nitrogen and oxygen atoms in total. The highest BCUT2D eigenvalue weighted by atomic mass is 19.1. The molecule has 0 spiro atoms. The van der Waals surface area contributed by atoms with Crippen molar-refractivity contribution in [2.75, 3.05) is 12.8 Å². The summed E-state index contributed by atoms with van der Waals surface area (Å²) in [6, 6.07) is 11.6. The van der Waals surface area contributed by atoms with Gasteiger partial charge in [-0.3, -0.25) is 4.79 Å². The smallest absolute Gasteiger partial charge is 0.220 e. The number of hydrogen-bond acceptors (Lipinski definition) is 3. The van der Waals surface area contributed by atoms with Crippen LogP contribution in [-0.2, 0) is 17.8 Å². The molecule has 3 N–H and O–H groups in total. The number of nitrogens with two attached hydrogens (primary N) is 1. The van der Waals surface area contributed by atoms with E-state index >= 15 is 0 Å². The van der Waals surface area contributed by atoms with Crippen molar-refractivity contribution in [1.29, 1.82) is 0 Å². The number of benzene rings is 2. The van der Waals surface area contributed by atoms with E-state index in [1.54, 1.807) is 25.3 Å². The van der Waals surface area contributed by atoms with Gasteiger partial charge in [0.15, 0.2) is 0 Å². The number of nitrogen functional groups attached to an aromatic ring is 1. The third kappa shape index (κ3) is 4.48. The van der Waals surface area contributed by atoms with E-state index in [2.05, 4.69) is 5.32 Å². The van der Waals surface area contributed by atoms with Gasteiger partial charge in [0.25, 0.3) is 0 Å². The van der Waals surface area contributed by atoms with E-state index in [-0.39, 0.29) is 11.7 Å². The molecular formula is C17H19FN2O2. The Morgan fingerprint density at radius 2 is 1.86 bits per heavy atom. The number of carbonyl (C=O) groups is 1. The molecule has 0 aliphatic rings. The standard InChI is InChI=1S/C17H19FN2O2/c1-22-16-8-4-12(10-15(16)19)5-9-17(21)20-11-13-2-6-14(18)7-3-13/h2-4,6-8,10H,5,9,11,19H2,1H3,(H,20,21). The van der Waals surface area contributed by atoms with Crippen LogP contribution in [0.5, 0.6) is 5.75 Å². The number of carbonyl (C=O) groups excluding carboxylic acids is 1. The van der Waals surface area contributed by atoms with Crippen LogP contribution in [0, 0.1) is 5.82 Å². The number of anilines is 1. The molecule has 116 valence electrons. The molecule has 22 heavy (non-hydrogen) atoms. The third-order valence-corrected chi connectivity index (χ3v) is 3.34. The number of ether oxygens (including phenoxy) is 1. The van der Waals surface area contributed by atoms with Crippen molar-refractivity contribution in [1.82, 2.24) is 5.32 Å². The normalized spacial score (nSPS) is 10.3. The highest BCUT2D eigenvalue weighted by molar-refractivity contribution is 5.76. The van der Waals surface area contributed by atoms with Gasteiger partial charge in [0, 0.05) is 13.0 Å². The highest BCUT2D eigenvalue weighted by Gasteiger charge is 2.05. The van der Waals surface area contributed by atoms with Crippen LogP contribution in [-0.4, -0.2) is 13.0 Å². The van der Waals surface area contributed by atoms with Crippen molar-refractivity contribution in [3.8, 4) is 5.75 Å². The van der Waals surface area contributed by atoms with E-state index < -0.39 is 0 Å². The molecule has 0 aliphatic heterocycles. The number of nitrogens with one attached hydrogen (secondary N) is 1. The first-order valence-electron chi connectivity index (χ1n) is 7.02. The zero-order valence-corrected chi connectivity index (χ0v) is 12.4. The first-order valence-corrected chi connectivity index (χ1v) is 7.02. The number of methoxy groups -OCH3 is 1. The number of rotatable bonds is 6. The summed E-state index contributed by atoms with van der Waals surface area (Å²) in [5, 5.41) is 2.81. The van der Waals surface area contributed by atoms with Gasteiger partial charge in [-0.1, -0.05) is 18.2 Å². The topological polar surface area (TPSA) is 64.3 Å². The molecule has 5 heteroatoms. The fourth-order valence-electron chi connectivity index (χ4n) is 2.09. The Hall–Kier alpha value is -2.56. The molecule has 0 saturated carbocycles. The van der Waals surface area contributed by atoms with Crippen molar-refractivity contribution in [2.45, 2.75) is 19.4 Å². The molecule has 2 rings (SSSR count). The number of hydrogen-bond donors (Lipinski definition) is 2. The predicted octanol–water partition coefficient (Wildman–Crippen LogP) is 2.67. The van der Waals surface area contributed by atoms with Crippen LogP contribution in [0.15, 0.2) is 42.5 Å². The third-order valence-electron chi connectivity index (χ3n) is 3.34. The van der Waals surface area contributed by atoms with E-state index in [1.807, 2.05) is 12.1 Å². The quantitative estimate of drug-likeness (QED) is 0.806. The second-order valence-corrected chi connectivity index (χ2v) is 4.98. The molecule has 0 aliphatic carbocycles. The Bertz CT molecular complexity index is 642. The molecule has 1 amide bonds. The molecular weight excluding hydrogens is 283 g/mol. The van der Waals surface area contributed by atoms with Crippen molar-refractivity contribution in [3.63, 3.8) is 0 Å². The monoisotopic (exact) mass is 302 g/mol. The Morgan fingerprint density at radius 1 is 1.18 bits per heavy atom. The number of aryl methyl sites for hydroxylation is 1. The van der Waals surface area contributed by atoms with Crippen LogP contribution >= 0.6 is 0 Å². The molecule has 0 heterocycles. The van der Waals surface area contributed by atoms with Crippen LogP contribution in [0.25, 0.3) is 0 Å². The second kappa shape index (κ2) is 7.45. The summed E-state index contributed by atoms with van der Waals surface area (Å²) < 4.78 is 17.9. The zero-order chi connectivity index (χ0) is 15.9.